The minimum Gasteiger partial charge on any atom is -0.457 e. The number of ether oxygens (including phenoxy) is 2. The molecule has 0 spiro atoms. The standard InChI is InChI=1S/C26H28N2O6/c1-15-17(3-4-19-21(15)13-33-25(19)31)7-8-28-10-9-27(12-24(28)30)11-23(29)18-5-6-20-22(16(18)2)14-34-26(20)32/h3-6,23,29H,7-14H2,1-2H3/t23-/m1/s1. The molecule has 8 nitrogen and oxygen atoms in total. The number of fused-ring (bicyclic) bond motifs is 2. The Bertz CT molecular complexity index is 1190. The normalized spacial score (nSPS) is 18.6. The summed E-state index contributed by atoms with van der Waals surface area (Å²) in [6.07, 6.45) is -0.0316. The van der Waals surface area contributed by atoms with Crippen molar-refractivity contribution in [3.8, 4) is 0 Å². The molecule has 1 amide bonds. The van der Waals surface area contributed by atoms with Gasteiger partial charge in [-0.3, -0.25) is 9.69 Å². The van der Waals surface area contributed by atoms with E-state index in [0.717, 1.165) is 39.8 Å². The Morgan fingerprint density at radius 2 is 1.56 bits per heavy atom. The SMILES string of the molecule is Cc1c(CCN2CCN(C[C@@H](O)c3ccc4c(c3C)COC4=O)CC2=O)ccc2c1COC2=O. The van der Waals surface area contributed by atoms with Gasteiger partial charge >= 0.3 is 11.9 Å². The average molecular weight is 465 g/mol. The lowest BCUT2D eigenvalue weighted by atomic mass is 9.95. The van der Waals surface area contributed by atoms with Gasteiger partial charge in [-0.05, 0) is 54.7 Å². The zero-order valence-electron chi connectivity index (χ0n) is 19.4. The summed E-state index contributed by atoms with van der Waals surface area (Å²) in [5.74, 6) is -0.548. The zero-order chi connectivity index (χ0) is 24.0. The molecule has 0 aliphatic carbocycles. The zero-order valence-corrected chi connectivity index (χ0v) is 19.4. The third-order valence-electron chi connectivity index (χ3n) is 7.32. The smallest absolute Gasteiger partial charge is 0.338 e. The molecule has 178 valence electrons. The van der Waals surface area contributed by atoms with Crippen LogP contribution in [0.5, 0.6) is 0 Å². The van der Waals surface area contributed by atoms with Gasteiger partial charge in [0, 0.05) is 37.3 Å². The number of β-amino-alcohol motifs (C(OH)–C–C–N with tert-alkyl or cyclic N) is 1. The predicted octanol–water partition coefficient (Wildman–Crippen LogP) is 2.06. The van der Waals surface area contributed by atoms with Crippen LogP contribution >= 0.6 is 0 Å². The molecular formula is C26H28N2O6. The molecule has 0 unspecified atom stereocenters. The molecule has 1 saturated heterocycles. The average Bonchev–Trinajstić information content (AvgIpc) is 3.38. The summed E-state index contributed by atoms with van der Waals surface area (Å²) >= 11 is 0. The van der Waals surface area contributed by atoms with Crippen molar-refractivity contribution in [2.24, 2.45) is 0 Å². The van der Waals surface area contributed by atoms with E-state index >= 15 is 0 Å². The van der Waals surface area contributed by atoms with Gasteiger partial charge in [-0.15, -0.1) is 0 Å². The number of carbonyl (C=O) groups is 3. The highest BCUT2D eigenvalue weighted by molar-refractivity contribution is 5.94. The minimum absolute atomic E-state index is 0.0421. The number of carbonyl (C=O) groups excluding carboxylic acids is 3. The maximum absolute atomic E-state index is 12.8. The number of cyclic esters (lactones) is 2. The molecular weight excluding hydrogens is 436 g/mol. The van der Waals surface area contributed by atoms with Crippen molar-refractivity contribution in [1.29, 1.82) is 0 Å². The monoisotopic (exact) mass is 464 g/mol. The molecule has 0 bridgehead atoms. The van der Waals surface area contributed by atoms with Crippen LogP contribution in [0.4, 0.5) is 0 Å². The first-order chi connectivity index (χ1) is 16.3. The van der Waals surface area contributed by atoms with E-state index in [1.54, 1.807) is 12.1 Å². The Kier molecular flexibility index (Phi) is 5.87. The van der Waals surface area contributed by atoms with E-state index in [9.17, 15) is 19.5 Å². The number of esters is 2. The Hall–Kier alpha value is -3.23. The second-order valence-electron chi connectivity index (χ2n) is 9.22. The van der Waals surface area contributed by atoms with Gasteiger partial charge < -0.3 is 19.5 Å². The van der Waals surface area contributed by atoms with Gasteiger partial charge in [0.1, 0.15) is 13.2 Å². The first-order valence-corrected chi connectivity index (χ1v) is 11.6. The first kappa shape index (κ1) is 22.6. The highest BCUT2D eigenvalue weighted by Gasteiger charge is 2.29. The van der Waals surface area contributed by atoms with Crippen LogP contribution in [0.25, 0.3) is 0 Å². The van der Waals surface area contributed by atoms with Crippen molar-refractivity contribution in [2.75, 3.05) is 32.7 Å². The summed E-state index contributed by atoms with van der Waals surface area (Å²) in [6.45, 7) is 6.96. The maximum Gasteiger partial charge on any atom is 0.338 e. The molecule has 3 heterocycles. The molecule has 1 N–H and O–H groups in total. The second-order valence-corrected chi connectivity index (χ2v) is 9.22. The summed E-state index contributed by atoms with van der Waals surface area (Å²) in [4.78, 5) is 40.1. The van der Waals surface area contributed by atoms with Gasteiger partial charge in [-0.25, -0.2) is 9.59 Å². The third-order valence-corrected chi connectivity index (χ3v) is 7.32. The maximum atomic E-state index is 12.8. The topological polar surface area (TPSA) is 96.4 Å². The second kappa shape index (κ2) is 8.85. The van der Waals surface area contributed by atoms with Crippen LogP contribution in [0, 0.1) is 13.8 Å². The van der Waals surface area contributed by atoms with Crippen molar-refractivity contribution in [2.45, 2.75) is 39.6 Å². The molecule has 0 aromatic heterocycles. The number of nitrogens with zero attached hydrogens (tertiary/aromatic N) is 2. The number of hydrogen-bond acceptors (Lipinski definition) is 7. The first-order valence-electron chi connectivity index (χ1n) is 11.6. The van der Waals surface area contributed by atoms with Gasteiger partial charge in [0.2, 0.25) is 5.91 Å². The molecule has 0 radical (unpaired) electrons. The van der Waals surface area contributed by atoms with Crippen LogP contribution in [-0.2, 0) is 33.9 Å². The minimum atomic E-state index is -0.751. The Balaban J connectivity index is 1.17. The van der Waals surface area contributed by atoms with Gasteiger partial charge in [0.15, 0.2) is 0 Å². The van der Waals surface area contributed by atoms with Crippen LogP contribution < -0.4 is 0 Å². The molecule has 5 rings (SSSR count). The molecule has 2 aromatic rings. The molecule has 2 aromatic carbocycles. The van der Waals surface area contributed by atoms with Crippen LogP contribution in [-0.4, -0.2) is 65.5 Å². The largest absolute Gasteiger partial charge is 0.457 e. The van der Waals surface area contributed by atoms with Gasteiger partial charge in [0.25, 0.3) is 0 Å². The molecule has 8 heteroatoms. The third kappa shape index (κ3) is 3.97. The predicted molar refractivity (Wildman–Crippen MR) is 122 cm³/mol. The molecule has 3 aliphatic heterocycles. The lowest BCUT2D eigenvalue weighted by molar-refractivity contribution is -0.136. The summed E-state index contributed by atoms with van der Waals surface area (Å²) in [5, 5.41) is 10.9. The summed E-state index contributed by atoms with van der Waals surface area (Å²) in [5.41, 5.74) is 6.81. The quantitative estimate of drug-likeness (QED) is 0.654. The van der Waals surface area contributed by atoms with E-state index in [2.05, 4.69) is 0 Å². The number of hydrogen-bond donors (Lipinski definition) is 1. The van der Waals surface area contributed by atoms with E-state index in [1.165, 1.54) is 0 Å². The van der Waals surface area contributed by atoms with Crippen LogP contribution in [0.3, 0.4) is 0 Å². The Morgan fingerprint density at radius 1 is 0.912 bits per heavy atom. The van der Waals surface area contributed by atoms with Crippen LogP contribution in [0.15, 0.2) is 24.3 Å². The van der Waals surface area contributed by atoms with E-state index in [4.69, 9.17) is 9.47 Å². The number of amides is 1. The van der Waals surface area contributed by atoms with E-state index in [1.807, 2.05) is 35.8 Å². The van der Waals surface area contributed by atoms with Crippen LogP contribution in [0.2, 0.25) is 0 Å². The van der Waals surface area contributed by atoms with E-state index < -0.39 is 6.10 Å². The molecule has 34 heavy (non-hydrogen) atoms. The van der Waals surface area contributed by atoms with E-state index in [-0.39, 0.29) is 31.0 Å². The van der Waals surface area contributed by atoms with Crippen molar-refractivity contribution in [1.82, 2.24) is 9.80 Å². The molecule has 1 fully saturated rings. The van der Waals surface area contributed by atoms with Gasteiger partial charge in [-0.1, -0.05) is 12.1 Å². The highest BCUT2D eigenvalue weighted by atomic mass is 16.5. The summed E-state index contributed by atoms with van der Waals surface area (Å²) in [6, 6.07) is 7.26. The fourth-order valence-electron chi connectivity index (χ4n) is 5.15. The van der Waals surface area contributed by atoms with Crippen LogP contribution in [0.1, 0.15) is 60.2 Å². The molecule has 1 atom stereocenters. The van der Waals surface area contributed by atoms with Crippen molar-refractivity contribution in [3.05, 3.63) is 68.8 Å². The number of aliphatic hydroxyl groups is 1. The molecule has 3 aliphatic rings. The van der Waals surface area contributed by atoms with Crippen molar-refractivity contribution >= 4 is 17.8 Å². The lowest BCUT2D eigenvalue weighted by Gasteiger charge is -2.35. The van der Waals surface area contributed by atoms with Crippen molar-refractivity contribution in [3.63, 3.8) is 0 Å². The number of rotatable bonds is 6. The number of benzene rings is 2. The fourth-order valence-corrected chi connectivity index (χ4v) is 5.15. The lowest BCUT2D eigenvalue weighted by Crippen LogP contribution is -2.51. The van der Waals surface area contributed by atoms with Gasteiger partial charge in [0.05, 0.1) is 23.8 Å². The number of aliphatic hydroxyl groups excluding tert-OH is 1. The highest BCUT2D eigenvalue weighted by Crippen LogP contribution is 2.30. The fraction of sp³-hybridized carbons (Fsp3) is 0.423. The molecule has 0 saturated carbocycles. The van der Waals surface area contributed by atoms with Crippen molar-refractivity contribution < 1.29 is 29.0 Å². The summed E-state index contributed by atoms with van der Waals surface area (Å²) in [7, 11) is 0. The van der Waals surface area contributed by atoms with E-state index in [0.29, 0.717) is 43.9 Å². The van der Waals surface area contributed by atoms with Gasteiger partial charge in [-0.2, -0.15) is 0 Å². The number of piperazine rings is 1. The Morgan fingerprint density at radius 3 is 2.24 bits per heavy atom. The Labute approximate surface area is 198 Å². The summed E-state index contributed by atoms with van der Waals surface area (Å²) < 4.78 is 10.2.